The van der Waals surface area contributed by atoms with Gasteiger partial charge in [0, 0.05) is 18.0 Å². The number of carbonyl (C=O) groups is 1. The number of piperidine rings is 1. The van der Waals surface area contributed by atoms with E-state index in [9.17, 15) is 10.1 Å². The molecule has 0 radical (unpaired) electrons. The van der Waals surface area contributed by atoms with Crippen molar-refractivity contribution < 1.29 is 4.79 Å². The van der Waals surface area contributed by atoms with E-state index in [1.165, 1.54) is 29.7 Å². The van der Waals surface area contributed by atoms with Crippen LogP contribution in [0.1, 0.15) is 62.5 Å². The number of hydrogen-bond acceptors (Lipinski definition) is 4. The number of likely N-dealkylation sites (tertiary alicyclic amines) is 1. The largest absolute Gasteiger partial charge is 0.315 e. The highest BCUT2D eigenvalue weighted by Gasteiger charge is 2.30. The number of nitriles is 1. The lowest BCUT2D eigenvalue weighted by Crippen LogP contribution is -2.48. The second kappa shape index (κ2) is 7.88. The SMILES string of the molecule is C[C@@H]1C[C@@H](C)CN([C@@H](C)C(=O)Nc2sc3c(c2C#N)CCCCC3)C1. The average molecular weight is 360 g/mol. The van der Waals surface area contributed by atoms with E-state index >= 15 is 0 Å². The van der Waals surface area contributed by atoms with Crippen LogP contribution in [-0.4, -0.2) is 29.9 Å². The van der Waals surface area contributed by atoms with E-state index in [0.717, 1.165) is 37.4 Å². The van der Waals surface area contributed by atoms with Crippen molar-refractivity contribution in [1.82, 2.24) is 4.90 Å². The summed E-state index contributed by atoms with van der Waals surface area (Å²) in [6.07, 6.45) is 6.82. The molecule has 4 nitrogen and oxygen atoms in total. The summed E-state index contributed by atoms with van der Waals surface area (Å²) >= 11 is 1.62. The van der Waals surface area contributed by atoms with Crippen LogP contribution >= 0.6 is 11.3 Å². The predicted molar refractivity (Wildman–Crippen MR) is 103 cm³/mol. The van der Waals surface area contributed by atoms with Crippen molar-refractivity contribution in [3.05, 3.63) is 16.0 Å². The minimum Gasteiger partial charge on any atom is -0.315 e. The zero-order chi connectivity index (χ0) is 18.0. The Labute approximate surface area is 155 Å². The van der Waals surface area contributed by atoms with Crippen LogP contribution in [0.15, 0.2) is 0 Å². The molecule has 3 rings (SSSR count). The summed E-state index contributed by atoms with van der Waals surface area (Å²) in [5.41, 5.74) is 1.90. The molecule has 2 aliphatic rings. The Balaban J connectivity index is 1.73. The van der Waals surface area contributed by atoms with E-state index in [2.05, 4.69) is 30.1 Å². The maximum Gasteiger partial charge on any atom is 0.242 e. The molecule has 1 fully saturated rings. The molecule has 136 valence electrons. The molecule has 1 aromatic heterocycles. The Hall–Kier alpha value is -1.38. The molecule has 0 saturated carbocycles. The summed E-state index contributed by atoms with van der Waals surface area (Å²) in [4.78, 5) is 16.4. The standard InChI is InChI=1S/C20H29N3OS/c1-13-9-14(2)12-23(11-13)15(3)19(24)22-20-17(10-21)16-7-5-4-6-8-18(16)25-20/h13-15H,4-9,11-12H2,1-3H3,(H,22,24)/t13-,14-,15+/m1/s1. The van der Waals surface area contributed by atoms with E-state index in [1.807, 2.05) is 6.92 Å². The first-order chi connectivity index (χ1) is 12.0. The van der Waals surface area contributed by atoms with Gasteiger partial charge in [-0.1, -0.05) is 20.3 Å². The molecule has 1 amide bonds. The van der Waals surface area contributed by atoms with Crippen molar-refractivity contribution in [2.45, 2.75) is 65.3 Å². The van der Waals surface area contributed by atoms with E-state index in [0.29, 0.717) is 17.4 Å². The highest BCUT2D eigenvalue weighted by molar-refractivity contribution is 7.16. The number of carbonyl (C=O) groups excluding carboxylic acids is 1. The topological polar surface area (TPSA) is 56.1 Å². The van der Waals surface area contributed by atoms with Gasteiger partial charge < -0.3 is 5.32 Å². The van der Waals surface area contributed by atoms with Gasteiger partial charge in [-0.2, -0.15) is 5.26 Å². The Bertz CT molecular complexity index is 665. The third kappa shape index (κ3) is 4.07. The first-order valence-electron chi connectivity index (χ1n) is 9.59. The Morgan fingerprint density at radius 1 is 1.24 bits per heavy atom. The summed E-state index contributed by atoms with van der Waals surface area (Å²) in [6.45, 7) is 8.47. The van der Waals surface area contributed by atoms with Gasteiger partial charge in [0.15, 0.2) is 0 Å². The lowest BCUT2D eigenvalue weighted by atomic mass is 9.91. The van der Waals surface area contributed by atoms with Gasteiger partial charge in [0.2, 0.25) is 5.91 Å². The summed E-state index contributed by atoms with van der Waals surface area (Å²) in [5, 5.41) is 13.5. The molecule has 25 heavy (non-hydrogen) atoms. The summed E-state index contributed by atoms with van der Waals surface area (Å²) < 4.78 is 0. The fourth-order valence-electron chi connectivity index (χ4n) is 4.36. The van der Waals surface area contributed by atoms with Gasteiger partial charge in [0.05, 0.1) is 11.6 Å². The normalized spacial score (nSPS) is 25.5. The third-order valence-electron chi connectivity index (χ3n) is 5.59. The maximum absolute atomic E-state index is 12.8. The lowest BCUT2D eigenvalue weighted by molar-refractivity contribution is -0.121. The van der Waals surface area contributed by atoms with Crippen molar-refractivity contribution in [3.8, 4) is 6.07 Å². The summed E-state index contributed by atoms with van der Waals surface area (Å²) in [5.74, 6) is 1.28. The van der Waals surface area contributed by atoms with Crippen LogP contribution in [0, 0.1) is 23.2 Å². The smallest absolute Gasteiger partial charge is 0.242 e. The molecule has 0 bridgehead atoms. The lowest BCUT2D eigenvalue weighted by Gasteiger charge is -2.38. The minimum atomic E-state index is -0.154. The van der Waals surface area contributed by atoms with Gasteiger partial charge in [0.1, 0.15) is 11.1 Å². The van der Waals surface area contributed by atoms with Gasteiger partial charge in [0.25, 0.3) is 0 Å². The maximum atomic E-state index is 12.8. The Morgan fingerprint density at radius 2 is 1.92 bits per heavy atom. The van der Waals surface area contributed by atoms with Crippen LogP contribution in [0.4, 0.5) is 5.00 Å². The van der Waals surface area contributed by atoms with Crippen LogP contribution in [0.5, 0.6) is 0 Å². The van der Waals surface area contributed by atoms with E-state index in [4.69, 9.17) is 0 Å². The molecule has 0 aromatic carbocycles. The van der Waals surface area contributed by atoms with Crippen LogP contribution in [-0.2, 0) is 17.6 Å². The number of amides is 1. The summed E-state index contributed by atoms with van der Waals surface area (Å²) in [6, 6.07) is 2.20. The second-order valence-corrected chi connectivity index (χ2v) is 9.05. The highest BCUT2D eigenvalue weighted by Crippen LogP contribution is 2.37. The number of nitrogens with zero attached hydrogens (tertiary/aromatic N) is 2. The van der Waals surface area contributed by atoms with Crippen LogP contribution in [0.2, 0.25) is 0 Å². The molecule has 1 aliphatic heterocycles. The molecule has 0 unspecified atom stereocenters. The number of aryl methyl sites for hydroxylation is 1. The zero-order valence-corrected chi connectivity index (χ0v) is 16.4. The Morgan fingerprint density at radius 3 is 2.60 bits per heavy atom. The molecular formula is C20H29N3OS. The molecular weight excluding hydrogens is 330 g/mol. The highest BCUT2D eigenvalue weighted by atomic mass is 32.1. The molecule has 1 aliphatic carbocycles. The third-order valence-corrected chi connectivity index (χ3v) is 6.80. The molecule has 1 N–H and O–H groups in total. The second-order valence-electron chi connectivity index (χ2n) is 7.95. The molecule has 0 spiro atoms. The predicted octanol–water partition coefficient (Wildman–Crippen LogP) is 4.19. The number of anilines is 1. The fraction of sp³-hybridized carbons (Fsp3) is 0.700. The molecule has 5 heteroatoms. The quantitative estimate of drug-likeness (QED) is 0.823. The monoisotopic (exact) mass is 359 g/mol. The van der Waals surface area contributed by atoms with Crippen molar-refractivity contribution in [1.29, 1.82) is 5.26 Å². The zero-order valence-electron chi connectivity index (χ0n) is 15.6. The van der Waals surface area contributed by atoms with Gasteiger partial charge >= 0.3 is 0 Å². The summed E-state index contributed by atoms with van der Waals surface area (Å²) in [7, 11) is 0. The molecule has 1 saturated heterocycles. The van der Waals surface area contributed by atoms with Gasteiger partial charge in [-0.3, -0.25) is 9.69 Å². The Kier molecular flexibility index (Phi) is 5.81. The van der Waals surface area contributed by atoms with Gasteiger partial charge in [-0.25, -0.2) is 0 Å². The van der Waals surface area contributed by atoms with Crippen molar-refractivity contribution >= 4 is 22.2 Å². The molecule has 3 atom stereocenters. The van der Waals surface area contributed by atoms with Crippen molar-refractivity contribution in [2.75, 3.05) is 18.4 Å². The van der Waals surface area contributed by atoms with Crippen molar-refractivity contribution in [3.63, 3.8) is 0 Å². The van der Waals surface area contributed by atoms with Gasteiger partial charge in [-0.15, -0.1) is 11.3 Å². The first kappa shape index (κ1) is 18.4. The van der Waals surface area contributed by atoms with Crippen LogP contribution in [0.3, 0.4) is 0 Å². The van der Waals surface area contributed by atoms with Gasteiger partial charge in [-0.05, 0) is 56.4 Å². The van der Waals surface area contributed by atoms with E-state index in [-0.39, 0.29) is 11.9 Å². The van der Waals surface area contributed by atoms with Crippen LogP contribution < -0.4 is 5.32 Å². The molecule has 1 aromatic rings. The van der Waals surface area contributed by atoms with Crippen LogP contribution in [0.25, 0.3) is 0 Å². The fourth-order valence-corrected chi connectivity index (χ4v) is 5.60. The van der Waals surface area contributed by atoms with E-state index in [1.54, 1.807) is 11.3 Å². The minimum absolute atomic E-state index is 0.0224. The number of hydrogen-bond donors (Lipinski definition) is 1. The van der Waals surface area contributed by atoms with E-state index < -0.39 is 0 Å². The number of rotatable bonds is 3. The number of nitrogens with one attached hydrogen (secondary N) is 1. The number of thiophene rings is 1. The molecule has 2 heterocycles. The first-order valence-corrected chi connectivity index (χ1v) is 10.4. The average Bonchev–Trinajstić information content (AvgIpc) is 2.73. The van der Waals surface area contributed by atoms with Crippen molar-refractivity contribution in [2.24, 2.45) is 11.8 Å². The number of fused-ring (bicyclic) bond motifs is 1.